The molecule has 0 aliphatic rings. The number of phenolic OH excluding ortho intramolecular Hbond substituents is 1. The smallest absolute Gasteiger partial charge is 0.507 e. The predicted octanol–water partition coefficient (Wildman–Crippen LogP) is 2.76. The molecule has 0 fully saturated rings. The number of rotatable bonds is 3. The van der Waals surface area contributed by atoms with Gasteiger partial charge in [0.15, 0.2) is 9.84 Å². The van der Waals surface area contributed by atoms with Gasteiger partial charge in [0.05, 0.1) is 10.6 Å². The van der Waals surface area contributed by atoms with Crippen molar-refractivity contribution in [1.82, 2.24) is 4.98 Å². The van der Waals surface area contributed by atoms with Crippen LogP contribution in [0.3, 0.4) is 0 Å². The van der Waals surface area contributed by atoms with E-state index in [9.17, 15) is 26.7 Å². The number of aromatic hydroxyl groups is 1. The van der Waals surface area contributed by atoms with Gasteiger partial charge in [-0.2, -0.15) is 0 Å². The van der Waals surface area contributed by atoms with E-state index in [1.165, 1.54) is 12.1 Å². The van der Waals surface area contributed by atoms with Crippen LogP contribution in [0.5, 0.6) is 11.5 Å². The van der Waals surface area contributed by atoms with Crippen molar-refractivity contribution in [3.8, 4) is 22.8 Å². The molecule has 2 rings (SSSR count). The van der Waals surface area contributed by atoms with Gasteiger partial charge in [-0.3, -0.25) is 4.98 Å². The fraction of sp³-hybridized carbons (Fsp3) is 0.154. The van der Waals surface area contributed by atoms with E-state index in [1.54, 1.807) is 0 Å². The minimum absolute atomic E-state index is 0.0122. The largest absolute Gasteiger partial charge is 0.573 e. The van der Waals surface area contributed by atoms with Crippen molar-refractivity contribution in [2.75, 3.05) is 6.26 Å². The van der Waals surface area contributed by atoms with Gasteiger partial charge in [-0.1, -0.05) is 0 Å². The molecule has 0 radical (unpaired) electrons. The summed E-state index contributed by atoms with van der Waals surface area (Å²) >= 11 is 0. The Balaban J connectivity index is 2.41. The van der Waals surface area contributed by atoms with Crippen LogP contribution in [0.2, 0.25) is 0 Å². The van der Waals surface area contributed by atoms with Crippen LogP contribution in [0, 0.1) is 0 Å². The monoisotopic (exact) mass is 333 g/mol. The Morgan fingerprint density at radius 2 is 1.86 bits per heavy atom. The van der Waals surface area contributed by atoms with Crippen LogP contribution < -0.4 is 4.74 Å². The number of phenols is 1. The Kier molecular flexibility index (Phi) is 4.01. The minimum Gasteiger partial charge on any atom is -0.507 e. The Morgan fingerprint density at radius 1 is 1.18 bits per heavy atom. The van der Waals surface area contributed by atoms with Crippen molar-refractivity contribution in [2.45, 2.75) is 11.3 Å². The lowest BCUT2D eigenvalue weighted by atomic mass is 10.1. The van der Waals surface area contributed by atoms with E-state index in [0.717, 1.165) is 30.7 Å². The first-order chi connectivity index (χ1) is 10.1. The maximum Gasteiger partial charge on any atom is 0.573 e. The first-order valence-electron chi connectivity index (χ1n) is 5.81. The zero-order valence-electron chi connectivity index (χ0n) is 11.1. The van der Waals surface area contributed by atoms with E-state index in [1.807, 2.05) is 0 Å². The zero-order chi connectivity index (χ0) is 16.5. The summed E-state index contributed by atoms with van der Waals surface area (Å²) in [6, 6.07) is 5.47. The molecular weight excluding hydrogens is 323 g/mol. The molecule has 0 spiro atoms. The maximum atomic E-state index is 12.2. The van der Waals surface area contributed by atoms with Crippen LogP contribution >= 0.6 is 0 Å². The second kappa shape index (κ2) is 5.48. The molecule has 1 N–H and O–H groups in total. The summed E-state index contributed by atoms with van der Waals surface area (Å²) in [6.07, 6.45) is -2.80. The number of alkyl halides is 3. The fourth-order valence-electron chi connectivity index (χ4n) is 1.68. The van der Waals surface area contributed by atoms with Gasteiger partial charge in [0.1, 0.15) is 11.5 Å². The van der Waals surface area contributed by atoms with Crippen molar-refractivity contribution in [3.05, 3.63) is 36.5 Å². The molecule has 0 aliphatic heterocycles. The zero-order valence-corrected chi connectivity index (χ0v) is 11.9. The molecule has 22 heavy (non-hydrogen) atoms. The van der Waals surface area contributed by atoms with Gasteiger partial charge in [-0.25, -0.2) is 8.42 Å². The number of hydrogen-bond donors (Lipinski definition) is 1. The summed E-state index contributed by atoms with van der Waals surface area (Å²) in [4.78, 5) is 3.79. The normalized spacial score (nSPS) is 12.2. The van der Waals surface area contributed by atoms with Crippen LogP contribution in [0.1, 0.15) is 0 Å². The molecule has 1 aromatic carbocycles. The Hall–Kier alpha value is -2.29. The SMILES string of the molecule is CS(=O)(=O)c1ccc(-c2cc(OC(F)(F)F)ccc2O)nc1. The van der Waals surface area contributed by atoms with Gasteiger partial charge in [0, 0.05) is 18.0 Å². The Bertz CT molecular complexity index is 786. The Morgan fingerprint density at radius 3 is 2.36 bits per heavy atom. The van der Waals surface area contributed by atoms with Gasteiger partial charge >= 0.3 is 6.36 Å². The van der Waals surface area contributed by atoms with Gasteiger partial charge in [0.25, 0.3) is 0 Å². The van der Waals surface area contributed by atoms with E-state index in [4.69, 9.17) is 0 Å². The molecule has 5 nitrogen and oxygen atoms in total. The van der Waals surface area contributed by atoms with Crippen molar-refractivity contribution in [3.63, 3.8) is 0 Å². The second-order valence-corrected chi connectivity index (χ2v) is 6.39. The molecule has 0 atom stereocenters. The molecule has 0 amide bonds. The topological polar surface area (TPSA) is 76.5 Å². The lowest BCUT2D eigenvalue weighted by Gasteiger charge is -2.11. The molecule has 0 bridgehead atoms. The molecule has 2 aromatic rings. The number of sulfone groups is 1. The molecule has 0 saturated heterocycles. The van der Waals surface area contributed by atoms with Gasteiger partial charge in [-0.15, -0.1) is 13.2 Å². The number of halogens is 3. The molecule has 1 aromatic heterocycles. The van der Waals surface area contributed by atoms with Crippen molar-refractivity contribution >= 4 is 9.84 Å². The number of pyridine rings is 1. The Labute approximate surface area is 123 Å². The molecule has 118 valence electrons. The molecule has 0 saturated carbocycles. The second-order valence-electron chi connectivity index (χ2n) is 4.38. The molecule has 1 heterocycles. The summed E-state index contributed by atoms with van der Waals surface area (Å²) in [6.45, 7) is 0. The summed E-state index contributed by atoms with van der Waals surface area (Å²) in [7, 11) is -3.44. The third-order valence-electron chi connectivity index (χ3n) is 2.64. The lowest BCUT2D eigenvalue weighted by Crippen LogP contribution is -2.17. The van der Waals surface area contributed by atoms with Crippen molar-refractivity contribution < 1.29 is 31.4 Å². The lowest BCUT2D eigenvalue weighted by molar-refractivity contribution is -0.274. The highest BCUT2D eigenvalue weighted by atomic mass is 32.2. The third-order valence-corrected chi connectivity index (χ3v) is 3.74. The number of aromatic nitrogens is 1. The number of nitrogens with zero attached hydrogens (tertiary/aromatic N) is 1. The maximum absolute atomic E-state index is 12.2. The minimum atomic E-state index is -4.86. The third kappa shape index (κ3) is 3.88. The van der Waals surface area contributed by atoms with Crippen molar-refractivity contribution in [1.29, 1.82) is 0 Å². The average molecular weight is 333 g/mol. The van der Waals surface area contributed by atoms with Gasteiger partial charge < -0.3 is 9.84 Å². The van der Waals surface area contributed by atoms with E-state index in [2.05, 4.69) is 9.72 Å². The van der Waals surface area contributed by atoms with E-state index >= 15 is 0 Å². The van der Waals surface area contributed by atoms with E-state index in [0.29, 0.717) is 0 Å². The van der Waals surface area contributed by atoms with Gasteiger partial charge in [-0.05, 0) is 30.3 Å². The van der Waals surface area contributed by atoms with Crippen LogP contribution in [0.4, 0.5) is 13.2 Å². The van der Waals surface area contributed by atoms with Crippen LogP contribution in [0.25, 0.3) is 11.3 Å². The average Bonchev–Trinajstić information content (AvgIpc) is 2.38. The highest BCUT2D eigenvalue weighted by molar-refractivity contribution is 7.90. The standard InChI is InChI=1S/C13H10F3NO4S/c1-22(19,20)9-3-4-11(17-7-9)10-6-8(2-5-12(10)18)21-13(14,15)16/h2-7,18H,1H3. The number of hydrogen-bond acceptors (Lipinski definition) is 5. The summed E-state index contributed by atoms with van der Waals surface area (Å²) in [5.41, 5.74) is 0.0966. The van der Waals surface area contributed by atoms with E-state index in [-0.39, 0.29) is 21.9 Å². The van der Waals surface area contributed by atoms with E-state index < -0.39 is 21.9 Å². The molecule has 9 heteroatoms. The quantitative estimate of drug-likeness (QED) is 0.935. The first kappa shape index (κ1) is 16.1. The molecule has 0 aliphatic carbocycles. The predicted molar refractivity (Wildman–Crippen MR) is 71.1 cm³/mol. The van der Waals surface area contributed by atoms with Crippen LogP contribution in [-0.2, 0) is 9.84 Å². The number of benzene rings is 1. The number of ether oxygens (including phenoxy) is 1. The van der Waals surface area contributed by atoms with Crippen molar-refractivity contribution in [2.24, 2.45) is 0 Å². The molecule has 0 unspecified atom stereocenters. The van der Waals surface area contributed by atoms with Gasteiger partial charge in [0.2, 0.25) is 0 Å². The first-order valence-corrected chi connectivity index (χ1v) is 7.71. The van der Waals surface area contributed by atoms with Crippen LogP contribution in [-0.4, -0.2) is 31.1 Å². The highest BCUT2D eigenvalue weighted by Crippen LogP contribution is 2.33. The highest BCUT2D eigenvalue weighted by Gasteiger charge is 2.31. The summed E-state index contributed by atoms with van der Waals surface area (Å²) < 4.78 is 63.0. The molecular formula is C13H10F3NO4S. The summed E-state index contributed by atoms with van der Waals surface area (Å²) in [5.74, 6) is -0.830. The summed E-state index contributed by atoms with van der Waals surface area (Å²) in [5, 5.41) is 9.72. The van der Waals surface area contributed by atoms with Crippen LogP contribution in [0.15, 0.2) is 41.4 Å². The fourth-order valence-corrected chi connectivity index (χ4v) is 2.24.